The molecule has 0 bridgehead atoms. The van der Waals surface area contributed by atoms with E-state index < -0.39 is 5.76 Å². The lowest BCUT2D eigenvalue weighted by Gasteiger charge is -2.35. The van der Waals surface area contributed by atoms with E-state index in [0.717, 1.165) is 23.0 Å². The molecule has 0 radical (unpaired) electrons. The van der Waals surface area contributed by atoms with Gasteiger partial charge in [0.15, 0.2) is 0 Å². The second-order valence-electron chi connectivity index (χ2n) is 6.46. The number of hydrogen-bond donors (Lipinski definition) is 2. The number of hydrogen-bond acceptors (Lipinski definition) is 6. The number of aryl methyl sites for hydroxylation is 1. The second-order valence-corrected chi connectivity index (χ2v) is 6.46. The van der Waals surface area contributed by atoms with Gasteiger partial charge in [0.1, 0.15) is 5.82 Å². The zero-order chi connectivity index (χ0) is 15.3. The van der Waals surface area contributed by atoms with Gasteiger partial charge < -0.3 is 5.32 Å². The highest BCUT2D eigenvalue weighted by Crippen LogP contribution is 2.52. The molecule has 0 saturated heterocycles. The Labute approximate surface area is 127 Å². The van der Waals surface area contributed by atoms with Crippen molar-refractivity contribution in [1.29, 1.82) is 0 Å². The monoisotopic (exact) mass is 301 g/mol. The molecule has 0 amide bonds. The predicted molar refractivity (Wildman–Crippen MR) is 80.6 cm³/mol. The number of anilines is 1. The summed E-state index contributed by atoms with van der Waals surface area (Å²) in [6, 6.07) is 0. The van der Waals surface area contributed by atoms with E-state index in [1.54, 1.807) is 0 Å². The summed E-state index contributed by atoms with van der Waals surface area (Å²) in [5.74, 6) is 1.66. The normalized spacial score (nSPS) is 19.7. The Morgan fingerprint density at radius 2 is 2.05 bits per heavy atom. The Morgan fingerprint density at radius 3 is 2.59 bits per heavy atom. The maximum Gasteiger partial charge on any atom is 0.439 e. The molecule has 2 aliphatic rings. The zero-order valence-corrected chi connectivity index (χ0v) is 12.8. The molecule has 0 unspecified atom stereocenters. The highest BCUT2D eigenvalue weighted by Gasteiger charge is 2.51. The van der Waals surface area contributed by atoms with E-state index >= 15 is 0 Å². The van der Waals surface area contributed by atoms with Gasteiger partial charge in [-0.3, -0.25) is 9.51 Å². The summed E-state index contributed by atoms with van der Waals surface area (Å²) in [4.78, 5) is 22.6. The fourth-order valence-corrected chi connectivity index (χ4v) is 3.15. The minimum atomic E-state index is -0.598. The van der Waals surface area contributed by atoms with E-state index in [4.69, 9.17) is 0 Å². The van der Waals surface area contributed by atoms with Crippen LogP contribution < -0.4 is 11.1 Å². The molecule has 0 spiro atoms. The van der Waals surface area contributed by atoms with Crippen molar-refractivity contribution < 1.29 is 4.52 Å². The molecular formula is C15H19N5O2. The van der Waals surface area contributed by atoms with E-state index in [2.05, 4.69) is 29.9 Å². The smallest absolute Gasteiger partial charge is 0.364 e. The SMILES string of the molecule is Cc1nc(-c2noc(=O)[nH]2)nc(NC2(C3CCC3)CC2)c1C. The predicted octanol–water partition coefficient (Wildman–Crippen LogP) is 2.18. The molecule has 2 saturated carbocycles. The molecule has 4 rings (SSSR count). The minimum absolute atomic E-state index is 0.221. The lowest BCUT2D eigenvalue weighted by molar-refractivity contribution is 0.261. The van der Waals surface area contributed by atoms with Gasteiger partial charge in [0, 0.05) is 16.8 Å². The summed E-state index contributed by atoms with van der Waals surface area (Å²) < 4.78 is 4.55. The number of H-pyrrole nitrogens is 1. The highest BCUT2D eigenvalue weighted by atomic mass is 16.5. The topological polar surface area (TPSA) is 96.7 Å². The first-order valence-electron chi connectivity index (χ1n) is 7.77. The standard InChI is InChI=1S/C15H19N5O2/c1-8-9(2)16-12(13-18-14(21)22-20-13)17-11(8)19-15(6-7-15)10-4-3-5-10/h10H,3-7H2,1-2H3,(H,16,17,19)(H,18,20,21). The number of aromatic nitrogens is 4. The van der Waals surface area contributed by atoms with Crippen LogP contribution in [0.4, 0.5) is 5.82 Å². The molecular weight excluding hydrogens is 282 g/mol. The number of nitrogens with zero attached hydrogens (tertiary/aromatic N) is 3. The van der Waals surface area contributed by atoms with Gasteiger partial charge in [-0.25, -0.2) is 14.8 Å². The van der Waals surface area contributed by atoms with Gasteiger partial charge >= 0.3 is 5.76 Å². The lowest BCUT2D eigenvalue weighted by Crippen LogP contribution is -2.36. The molecule has 2 aromatic rings. The third-order valence-electron chi connectivity index (χ3n) is 5.08. The average molecular weight is 301 g/mol. The van der Waals surface area contributed by atoms with Gasteiger partial charge in [-0.2, -0.15) is 0 Å². The first-order valence-corrected chi connectivity index (χ1v) is 7.77. The summed E-state index contributed by atoms with van der Waals surface area (Å²) >= 11 is 0. The summed E-state index contributed by atoms with van der Waals surface area (Å²) in [5, 5.41) is 7.33. The van der Waals surface area contributed by atoms with E-state index in [9.17, 15) is 4.79 Å². The number of rotatable bonds is 4. The second kappa shape index (κ2) is 4.66. The quantitative estimate of drug-likeness (QED) is 0.898. The summed E-state index contributed by atoms with van der Waals surface area (Å²) in [6.07, 6.45) is 6.35. The molecule has 7 nitrogen and oxygen atoms in total. The first-order chi connectivity index (χ1) is 10.6. The van der Waals surface area contributed by atoms with Crippen LogP contribution in [0.5, 0.6) is 0 Å². The van der Waals surface area contributed by atoms with Gasteiger partial charge in [0.2, 0.25) is 11.6 Å². The van der Waals surface area contributed by atoms with Crippen molar-refractivity contribution in [2.24, 2.45) is 5.92 Å². The molecule has 116 valence electrons. The fourth-order valence-electron chi connectivity index (χ4n) is 3.15. The van der Waals surface area contributed by atoms with Crippen molar-refractivity contribution >= 4 is 5.82 Å². The van der Waals surface area contributed by atoms with Crippen LogP contribution in [0.1, 0.15) is 43.4 Å². The fraction of sp³-hybridized carbons (Fsp3) is 0.600. The molecule has 2 heterocycles. The van der Waals surface area contributed by atoms with E-state index in [-0.39, 0.29) is 11.4 Å². The van der Waals surface area contributed by atoms with Crippen molar-refractivity contribution in [3.63, 3.8) is 0 Å². The van der Waals surface area contributed by atoms with Crippen molar-refractivity contribution in [3.8, 4) is 11.6 Å². The molecule has 22 heavy (non-hydrogen) atoms. The van der Waals surface area contributed by atoms with Crippen LogP contribution in [0.25, 0.3) is 11.6 Å². The van der Waals surface area contributed by atoms with Crippen LogP contribution in [-0.2, 0) is 0 Å². The molecule has 2 fully saturated rings. The molecule has 0 atom stereocenters. The van der Waals surface area contributed by atoms with Gasteiger partial charge in [0.05, 0.1) is 0 Å². The maximum absolute atomic E-state index is 11.1. The number of nitrogens with one attached hydrogen (secondary N) is 2. The molecule has 2 aliphatic carbocycles. The van der Waals surface area contributed by atoms with Crippen molar-refractivity contribution in [2.45, 2.75) is 51.5 Å². The summed E-state index contributed by atoms with van der Waals surface area (Å²) in [7, 11) is 0. The molecule has 0 aromatic carbocycles. The third kappa shape index (κ3) is 2.12. The van der Waals surface area contributed by atoms with Crippen molar-refractivity contribution in [3.05, 3.63) is 21.8 Å². The molecule has 7 heteroatoms. The Kier molecular flexibility index (Phi) is 2.85. The van der Waals surface area contributed by atoms with Crippen LogP contribution in [0.15, 0.2) is 9.32 Å². The molecule has 2 N–H and O–H groups in total. The van der Waals surface area contributed by atoms with Crippen LogP contribution in [0.2, 0.25) is 0 Å². The third-order valence-corrected chi connectivity index (χ3v) is 5.08. The molecule has 2 aromatic heterocycles. The zero-order valence-electron chi connectivity index (χ0n) is 12.8. The summed E-state index contributed by atoms with van der Waals surface area (Å²) in [6.45, 7) is 3.96. The van der Waals surface area contributed by atoms with E-state index in [0.29, 0.717) is 5.82 Å². The van der Waals surface area contributed by atoms with Crippen LogP contribution in [-0.4, -0.2) is 25.6 Å². The van der Waals surface area contributed by atoms with E-state index in [1.807, 2.05) is 13.8 Å². The van der Waals surface area contributed by atoms with Crippen molar-refractivity contribution in [2.75, 3.05) is 5.32 Å². The Hall–Kier alpha value is -2.18. The number of aromatic amines is 1. The van der Waals surface area contributed by atoms with Crippen molar-refractivity contribution in [1.82, 2.24) is 20.1 Å². The first kappa shape index (κ1) is 13.5. The maximum atomic E-state index is 11.1. The average Bonchev–Trinajstić information content (AvgIpc) is 3.03. The van der Waals surface area contributed by atoms with Gasteiger partial charge in [-0.1, -0.05) is 11.6 Å². The van der Waals surface area contributed by atoms with E-state index in [1.165, 1.54) is 32.1 Å². The lowest BCUT2D eigenvalue weighted by atomic mass is 9.78. The van der Waals surface area contributed by atoms with Crippen LogP contribution >= 0.6 is 0 Å². The van der Waals surface area contributed by atoms with Crippen LogP contribution in [0.3, 0.4) is 0 Å². The summed E-state index contributed by atoms with van der Waals surface area (Å²) in [5.41, 5.74) is 2.14. The Balaban J connectivity index is 1.69. The largest absolute Gasteiger partial charge is 0.439 e. The van der Waals surface area contributed by atoms with Gasteiger partial charge in [-0.05, 0) is 45.4 Å². The van der Waals surface area contributed by atoms with Gasteiger partial charge in [-0.15, -0.1) is 0 Å². The van der Waals surface area contributed by atoms with Crippen LogP contribution in [0, 0.1) is 19.8 Å². The highest BCUT2D eigenvalue weighted by molar-refractivity contribution is 5.55. The Morgan fingerprint density at radius 1 is 1.27 bits per heavy atom. The van der Waals surface area contributed by atoms with Gasteiger partial charge in [0.25, 0.3) is 0 Å². The molecule has 0 aliphatic heterocycles. The minimum Gasteiger partial charge on any atom is -0.364 e. The Bertz CT molecular complexity index is 770.